The van der Waals surface area contributed by atoms with Crippen molar-refractivity contribution in [1.29, 1.82) is 0 Å². The molecule has 0 atom stereocenters. The third kappa shape index (κ3) is 3.54. The quantitative estimate of drug-likeness (QED) is 0.820. The van der Waals surface area contributed by atoms with Gasteiger partial charge in [-0.2, -0.15) is 0 Å². The monoisotopic (exact) mass is 274 g/mol. The third-order valence-electron chi connectivity index (χ3n) is 3.04. The van der Waals surface area contributed by atoms with Gasteiger partial charge in [-0.25, -0.2) is 9.37 Å². The number of methoxy groups -OCH3 is 1. The summed E-state index contributed by atoms with van der Waals surface area (Å²) in [5.41, 5.74) is 2.40. The Hall–Kier alpha value is -1.94. The summed E-state index contributed by atoms with van der Waals surface area (Å²) in [7, 11) is 1.55. The average Bonchev–Trinajstić information content (AvgIpc) is 2.49. The molecule has 0 bridgehead atoms. The fraction of sp³-hybridized carbons (Fsp3) is 0.312. The molecule has 0 fully saturated rings. The molecule has 3 nitrogen and oxygen atoms in total. The molecule has 0 spiro atoms. The maximum absolute atomic E-state index is 14.0. The van der Waals surface area contributed by atoms with Gasteiger partial charge in [-0.1, -0.05) is 13.0 Å². The number of hydrogen-bond donors (Lipinski definition) is 1. The Morgan fingerprint density at radius 3 is 2.85 bits per heavy atom. The zero-order valence-corrected chi connectivity index (χ0v) is 11.8. The number of ether oxygens (including phenoxy) is 1. The van der Waals surface area contributed by atoms with E-state index in [0.717, 1.165) is 30.6 Å². The first-order valence-electron chi connectivity index (χ1n) is 6.74. The highest BCUT2D eigenvalue weighted by Crippen LogP contribution is 2.26. The van der Waals surface area contributed by atoms with Gasteiger partial charge in [0.2, 0.25) is 5.88 Å². The molecule has 0 amide bonds. The lowest BCUT2D eigenvalue weighted by molar-refractivity contribution is 0.398. The van der Waals surface area contributed by atoms with E-state index in [0.29, 0.717) is 11.4 Å². The molecule has 0 aliphatic rings. The van der Waals surface area contributed by atoms with Crippen molar-refractivity contribution >= 4 is 0 Å². The zero-order valence-electron chi connectivity index (χ0n) is 11.8. The second-order valence-corrected chi connectivity index (χ2v) is 4.58. The molecule has 0 radical (unpaired) electrons. The normalized spacial score (nSPS) is 10.6. The first-order chi connectivity index (χ1) is 9.74. The van der Waals surface area contributed by atoms with E-state index in [-0.39, 0.29) is 5.82 Å². The predicted molar refractivity (Wildman–Crippen MR) is 78.2 cm³/mol. The van der Waals surface area contributed by atoms with Crippen molar-refractivity contribution in [2.75, 3.05) is 13.7 Å². The second kappa shape index (κ2) is 7.01. The molecular formula is C16H19FN2O. The Morgan fingerprint density at radius 2 is 2.10 bits per heavy atom. The van der Waals surface area contributed by atoms with Crippen LogP contribution in [-0.4, -0.2) is 18.6 Å². The Labute approximate surface area is 118 Å². The van der Waals surface area contributed by atoms with Gasteiger partial charge in [-0.3, -0.25) is 0 Å². The molecular weight excluding hydrogens is 255 g/mol. The summed E-state index contributed by atoms with van der Waals surface area (Å²) in [5.74, 6) is 0.244. The lowest BCUT2D eigenvalue weighted by atomic mass is 10.0. The minimum absolute atomic E-state index is 0.238. The van der Waals surface area contributed by atoms with Crippen molar-refractivity contribution in [3.05, 3.63) is 47.9 Å². The van der Waals surface area contributed by atoms with Crippen molar-refractivity contribution < 1.29 is 9.13 Å². The Kier molecular flexibility index (Phi) is 5.07. The van der Waals surface area contributed by atoms with Gasteiger partial charge in [-0.15, -0.1) is 0 Å². The van der Waals surface area contributed by atoms with E-state index in [1.807, 2.05) is 6.07 Å². The highest BCUT2D eigenvalue weighted by molar-refractivity contribution is 5.65. The van der Waals surface area contributed by atoms with Crippen molar-refractivity contribution in [3.63, 3.8) is 0 Å². The fourth-order valence-electron chi connectivity index (χ4n) is 2.00. The summed E-state index contributed by atoms with van der Waals surface area (Å²) in [6.07, 6.45) is 2.70. The maximum atomic E-state index is 14.0. The van der Waals surface area contributed by atoms with Gasteiger partial charge in [-0.05, 0) is 42.3 Å². The molecule has 1 heterocycles. The van der Waals surface area contributed by atoms with Crippen molar-refractivity contribution in [2.24, 2.45) is 0 Å². The molecule has 4 heteroatoms. The fourth-order valence-corrected chi connectivity index (χ4v) is 2.00. The van der Waals surface area contributed by atoms with Crippen LogP contribution in [0.3, 0.4) is 0 Å². The van der Waals surface area contributed by atoms with Gasteiger partial charge in [0.1, 0.15) is 5.82 Å². The molecule has 0 saturated heterocycles. The van der Waals surface area contributed by atoms with E-state index >= 15 is 0 Å². The van der Waals surface area contributed by atoms with Gasteiger partial charge in [0.05, 0.1) is 7.11 Å². The number of pyridine rings is 1. The van der Waals surface area contributed by atoms with Crippen molar-refractivity contribution in [3.8, 4) is 17.0 Å². The van der Waals surface area contributed by atoms with Crippen molar-refractivity contribution in [1.82, 2.24) is 10.3 Å². The van der Waals surface area contributed by atoms with Crippen LogP contribution >= 0.6 is 0 Å². The molecule has 2 rings (SSSR count). The number of aromatic nitrogens is 1. The van der Waals surface area contributed by atoms with Crippen LogP contribution in [0.2, 0.25) is 0 Å². The van der Waals surface area contributed by atoms with Gasteiger partial charge < -0.3 is 10.1 Å². The van der Waals surface area contributed by atoms with E-state index in [1.165, 1.54) is 6.07 Å². The molecule has 0 aliphatic carbocycles. The lowest BCUT2D eigenvalue weighted by Gasteiger charge is -2.09. The number of nitrogens with one attached hydrogen (secondary N) is 1. The van der Waals surface area contributed by atoms with Crippen LogP contribution in [-0.2, 0) is 6.54 Å². The van der Waals surface area contributed by atoms with Crippen LogP contribution < -0.4 is 10.1 Å². The largest absolute Gasteiger partial charge is 0.481 e. The van der Waals surface area contributed by atoms with E-state index in [2.05, 4.69) is 17.2 Å². The number of benzene rings is 1. The second-order valence-electron chi connectivity index (χ2n) is 4.58. The average molecular weight is 274 g/mol. The minimum atomic E-state index is -0.238. The molecule has 0 saturated carbocycles. The number of rotatable bonds is 6. The van der Waals surface area contributed by atoms with Crippen LogP contribution in [0.15, 0.2) is 36.5 Å². The maximum Gasteiger partial charge on any atom is 0.213 e. The SMILES string of the molecule is CCCNCc1ccc(F)c(-c2ccnc(OC)c2)c1. The van der Waals surface area contributed by atoms with Crippen LogP contribution in [0.25, 0.3) is 11.1 Å². The summed E-state index contributed by atoms with van der Waals surface area (Å²) in [6, 6.07) is 8.70. The minimum Gasteiger partial charge on any atom is -0.481 e. The van der Waals surface area contributed by atoms with Crippen LogP contribution in [0.5, 0.6) is 5.88 Å². The van der Waals surface area contributed by atoms with Crippen LogP contribution in [0.1, 0.15) is 18.9 Å². The summed E-state index contributed by atoms with van der Waals surface area (Å²) in [4.78, 5) is 4.04. The zero-order chi connectivity index (χ0) is 14.4. The Balaban J connectivity index is 2.27. The topological polar surface area (TPSA) is 34.2 Å². The van der Waals surface area contributed by atoms with Gasteiger partial charge in [0.25, 0.3) is 0 Å². The van der Waals surface area contributed by atoms with Gasteiger partial charge >= 0.3 is 0 Å². The van der Waals surface area contributed by atoms with E-state index in [1.54, 1.807) is 31.5 Å². The summed E-state index contributed by atoms with van der Waals surface area (Å²) < 4.78 is 19.1. The highest BCUT2D eigenvalue weighted by Gasteiger charge is 2.08. The summed E-state index contributed by atoms with van der Waals surface area (Å²) in [6.45, 7) is 3.81. The molecule has 2 aromatic rings. The highest BCUT2D eigenvalue weighted by atomic mass is 19.1. The van der Waals surface area contributed by atoms with E-state index in [4.69, 9.17) is 4.74 Å². The molecule has 1 aromatic carbocycles. The predicted octanol–water partition coefficient (Wildman–Crippen LogP) is 3.40. The molecule has 1 aromatic heterocycles. The third-order valence-corrected chi connectivity index (χ3v) is 3.04. The van der Waals surface area contributed by atoms with Crippen LogP contribution in [0.4, 0.5) is 4.39 Å². The summed E-state index contributed by atoms with van der Waals surface area (Å²) >= 11 is 0. The first-order valence-corrected chi connectivity index (χ1v) is 6.74. The molecule has 106 valence electrons. The first kappa shape index (κ1) is 14.5. The molecule has 0 unspecified atom stereocenters. The van der Waals surface area contributed by atoms with E-state index < -0.39 is 0 Å². The Morgan fingerprint density at radius 1 is 1.25 bits per heavy atom. The van der Waals surface area contributed by atoms with Gasteiger partial charge in [0.15, 0.2) is 0 Å². The number of hydrogen-bond acceptors (Lipinski definition) is 3. The lowest BCUT2D eigenvalue weighted by Crippen LogP contribution is -2.13. The Bertz CT molecular complexity index is 572. The molecule has 20 heavy (non-hydrogen) atoms. The van der Waals surface area contributed by atoms with E-state index in [9.17, 15) is 4.39 Å². The van der Waals surface area contributed by atoms with Crippen LogP contribution in [0, 0.1) is 5.82 Å². The smallest absolute Gasteiger partial charge is 0.213 e. The molecule has 1 N–H and O–H groups in total. The van der Waals surface area contributed by atoms with Crippen molar-refractivity contribution in [2.45, 2.75) is 19.9 Å². The standard InChI is InChI=1S/C16H19FN2O/c1-3-7-18-11-12-4-5-15(17)14(9-12)13-6-8-19-16(10-13)20-2/h4-6,8-10,18H,3,7,11H2,1-2H3. The number of nitrogens with zero attached hydrogens (tertiary/aromatic N) is 1. The molecule has 0 aliphatic heterocycles. The summed E-state index contributed by atoms with van der Waals surface area (Å²) in [5, 5.41) is 3.31. The number of halogens is 1. The van der Waals surface area contributed by atoms with Gasteiger partial charge in [0, 0.05) is 24.4 Å².